The zero-order chi connectivity index (χ0) is 16.7. The molecule has 23 heavy (non-hydrogen) atoms. The summed E-state index contributed by atoms with van der Waals surface area (Å²) in [6.07, 6.45) is 2.61. The molecule has 1 amide bonds. The number of carbonyl (C=O) groups is 1. The number of amides is 1. The molecule has 1 aromatic rings. The second kappa shape index (κ2) is 8.08. The summed E-state index contributed by atoms with van der Waals surface area (Å²) in [5.74, 6) is 0.233. The van der Waals surface area contributed by atoms with Gasteiger partial charge < -0.3 is 20.3 Å². The van der Waals surface area contributed by atoms with E-state index in [4.69, 9.17) is 9.47 Å². The Morgan fingerprint density at radius 3 is 2.57 bits per heavy atom. The molecular weight excluding hydrogens is 294 g/mol. The van der Waals surface area contributed by atoms with Crippen molar-refractivity contribution in [2.24, 2.45) is 0 Å². The van der Waals surface area contributed by atoms with Crippen molar-refractivity contribution in [2.75, 3.05) is 13.2 Å². The van der Waals surface area contributed by atoms with Crippen molar-refractivity contribution in [2.45, 2.75) is 20.0 Å². The summed E-state index contributed by atoms with van der Waals surface area (Å²) in [7, 11) is 0. The molecule has 2 rings (SSSR count). The summed E-state index contributed by atoms with van der Waals surface area (Å²) in [5, 5.41) is 2.81. The number of nitrogens with one attached hydrogen (secondary N) is 1. The fourth-order valence-corrected chi connectivity index (χ4v) is 2.22. The first-order chi connectivity index (χ1) is 11.2. The van der Waals surface area contributed by atoms with Crippen molar-refractivity contribution in [1.29, 1.82) is 0 Å². The average molecular weight is 313 g/mol. The van der Waals surface area contributed by atoms with Crippen LogP contribution < -0.4 is 5.32 Å². The Hall–Kier alpha value is -2.69. The van der Waals surface area contributed by atoms with Crippen molar-refractivity contribution >= 4 is 11.6 Å². The van der Waals surface area contributed by atoms with Gasteiger partial charge in [-0.3, -0.25) is 4.79 Å². The fraction of sp³-hybridized carbons (Fsp3) is 0.294. The van der Waals surface area contributed by atoms with E-state index >= 15 is 0 Å². The lowest BCUT2D eigenvalue weighted by molar-refractivity contribution is -0.0239. The molecule has 0 heterocycles. The van der Waals surface area contributed by atoms with E-state index in [1.54, 1.807) is 36.4 Å². The summed E-state index contributed by atoms with van der Waals surface area (Å²) >= 11 is 0. The van der Waals surface area contributed by atoms with Crippen LogP contribution in [-0.4, -0.2) is 35.7 Å². The first-order valence-corrected chi connectivity index (χ1v) is 7.45. The van der Waals surface area contributed by atoms with E-state index < -0.39 is 6.10 Å². The van der Waals surface area contributed by atoms with Gasteiger partial charge in [-0.2, -0.15) is 4.79 Å². The van der Waals surface area contributed by atoms with Crippen LogP contribution in [0.25, 0.3) is 5.53 Å². The summed E-state index contributed by atoms with van der Waals surface area (Å²) in [6.45, 7) is 4.54. The third kappa shape index (κ3) is 4.16. The third-order valence-electron chi connectivity index (χ3n) is 3.19. The SMILES string of the molecule is CCOC1=CC(=[N+]=[N-])C(OCC)C(NC(=O)c2ccccc2)=C1. The van der Waals surface area contributed by atoms with E-state index in [1.807, 2.05) is 19.9 Å². The van der Waals surface area contributed by atoms with E-state index in [-0.39, 0.29) is 11.6 Å². The van der Waals surface area contributed by atoms with Crippen molar-refractivity contribution in [1.82, 2.24) is 5.32 Å². The summed E-state index contributed by atoms with van der Waals surface area (Å²) in [5.41, 5.74) is 10.5. The maximum atomic E-state index is 12.4. The number of benzene rings is 1. The monoisotopic (exact) mass is 313 g/mol. The Kier molecular flexibility index (Phi) is 5.86. The van der Waals surface area contributed by atoms with Gasteiger partial charge in [0.15, 0.2) is 6.10 Å². The van der Waals surface area contributed by atoms with Crippen molar-refractivity contribution in [3.05, 3.63) is 65.0 Å². The van der Waals surface area contributed by atoms with Crippen LogP contribution in [0.5, 0.6) is 0 Å². The van der Waals surface area contributed by atoms with E-state index in [0.29, 0.717) is 30.2 Å². The first kappa shape index (κ1) is 16.7. The summed E-state index contributed by atoms with van der Waals surface area (Å²) in [6, 6.07) is 8.85. The molecule has 1 aliphatic carbocycles. The molecule has 1 atom stereocenters. The lowest BCUT2D eigenvalue weighted by Gasteiger charge is -2.21. The number of hydrogen-bond donors (Lipinski definition) is 1. The number of hydrogen-bond acceptors (Lipinski definition) is 3. The normalized spacial score (nSPS) is 17.0. The molecule has 1 unspecified atom stereocenters. The van der Waals surface area contributed by atoms with Crippen LogP contribution >= 0.6 is 0 Å². The van der Waals surface area contributed by atoms with Gasteiger partial charge in [-0.15, -0.1) is 0 Å². The van der Waals surface area contributed by atoms with Gasteiger partial charge >= 0.3 is 5.71 Å². The zero-order valence-corrected chi connectivity index (χ0v) is 13.2. The maximum Gasteiger partial charge on any atom is 0.330 e. The minimum atomic E-state index is -0.651. The molecule has 1 aliphatic rings. The highest BCUT2D eigenvalue weighted by Crippen LogP contribution is 2.18. The molecule has 0 fully saturated rings. The number of rotatable bonds is 6. The molecule has 0 aromatic heterocycles. The largest absolute Gasteiger partial charge is 0.494 e. The summed E-state index contributed by atoms with van der Waals surface area (Å²) in [4.78, 5) is 15.6. The second-order valence-corrected chi connectivity index (χ2v) is 4.76. The van der Waals surface area contributed by atoms with Crippen molar-refractivity contribution < 1.29 is 19.1 Å². The van der Waals surface area contributed by atoms with Gasteiger partial charge in [0.05, 0.1) is 18.4 Å². The van der Waals surface area contributed by atoms with E-state index in [2.05, 4.69) is 10.1 Å². The number of allylic oxidation sites excluding steroid dienone is 1. The Morgan fingerprint density at radius 1 is 1.22 bits per heavy atom. The van der Waals surface area contributed by atoms with Gasteiger partial charge in [0.2, 0.25) is 0 Å². The number of nitrogens with zero attached hydrogens (tertiary/aromatic N) is 2. The number of carbonyl (C=O) groups excluding carboxylic acids is 1. The van der Waals surface area contributed by atoms with Crippen LogP contribution in [0.4, 0.5) is 0 Å². The predicted octanol–water partition coefficient (Wildman–Crippen LogP) is 2.31. The fourth-order valence-electron chi connectivity index (χ4n) is 2.22. The molecule has 0 bridgehead atoms. The molecule has 1 N–H and O–H groups in total. The predicted molar refractivity (Wildman–Crippen MR) is 85.7 cm³/mol. The van der Waals surface area contributed by atoms with Crippen LogP contribution in [0, 0.1) is 0 Å². The summed E-state index contributed by atoms with van der Waals surface area (Å²) < 4.78 is 11.0. The van der Waals surface area contributed by atoms with Gasteiger partial charge in [-0.1, -0.05) is 18.2 Å². The minimum absolute atomic E-state index is 0.267. The lowest BCUT2D eigenvalue weighted by Crippen LogP contribution is -2.38. The quantitative estimate of drug-likeness (QED) is 0.646. The molecule has 0 saturated heterocycles. The van der Waals surface area contributed by atoms with Crippen LogP contribution in [0.3, 0.4) is 0 Å². The molecule has 0 saturated carbocycles. The molecule has 120 valence electrons. The Labute approximate surface area is 135 Å². The van der Waals surface area contributed by atoms with Crippen molar-refractivity contribution in [3.63, 3.8) is 0 Å². The highest BCUT2D eigenvalue weighted by atomic mass is 16.5. The highest BCUT2D eigenvalue weighted by molar-refractivity contribution is 6.01. The maximum absolute atomic E-state index is 12.4. The highest BCUT2D eigenvalue weighted by Gasteiger charge is 2.32. The molecule has 0 spiro atoms. The van der Waals surface area contributed by atoms with Gasteiger partial charge in [0.1, 0.15) is 5.76 Å². The van der Waals surface area contributed by atoms with E-state index in [9.17, 15) is 10.3 Å². The van der Waals surface area contributed by atoms with Gasteiger partial charge in [-0.05, 0) is 26.0 Å². The topological polar surface area (TPSA) is 84.0 Å². The lowest BCUT2D eigenvalue weighted by atomic mass is 10.0. The van der Waals surface area contributed by atoms with Gasteiger partial charge in [0, 0.05) is 18.2 Å². The third-order valence-corrected chi connectivity index (χ3v) is 3.19. The van der Waals surface area contributed by atoms with Crippen LogP contribution in [-0.2, 0) is 9.47 Å². The first-order valence-electron chi connectivity index (χ1n) is 7.45. The van der Waals surface area contributed by atoms with Crippen molar-refractivity contribution in [3.8, 4) is 0 Å². The van der Waals surface area contributed by atoms with E-state index in [1.165, 1.54) is 0 Å². The van der Waals surface area contributed by atoms with Crippen LogP contribution in [0.1, 0.15) is 24.2 Å². The zero-order valence-electron chi connectivity index (χ0n) is 13.2. The standard InChI is InChI=1S/C17H19N3O3/c1-3-22-13-10-14(16(23-4-2)15(11-13)20-18)19-17(21)12-8-6-5-7-9-12/h5-11,16H,3-4H2,1-2H3,(H,19,21). The van der Waals surface area contributed by atoms with Crippen LogP contribution in [0.2, 0.25) is 0 Å². The van der Waals surface area contributed by atoms with E-state index in [0.717, 1.165) is 0 Å². The number of ether oxygens (including phenoxy) is 2. The molecule has 6 heteroatoms. The second-order valence-electron chi connectivity index (χ2n) is 4.76. The minimum Gasteiger partial charge on any atom is -0.494 e. The molecular formula is C17H19N3O3. The van der Waals surface area contributed by atoms with Gasteiger partial charge in [-0.25, -0.2) is 0 Å². The average Bonchev–Trinajstić information content (AvgIpc) is 2.58. The Balaban J connectivity index is 2.29. The molecule has 0 radical (unpaired) electrons. The Morgan fingerprint density at radius 2 is 1.96 bits per heavy atom. The molecule has 6 nitrogen and oxygen atoms in total. The molecule has 0 aliphatic heterocycles. The Bertz CT molecular complexity index is 674. The van der Waals surface area contributed by atoms with Crippen LogP contribution in [0.15, 0.2) is 53.9 Å². The van der Waals surface area contributed by atoms with Gasteiger partial charge in [0.25, 0.3) is 5.91 Å². The molecule has 1 aromatic carbocycles. The smallest absolute Gasteiger partial charge is 0.330 e.